The fourth-order valence-electron chi connectivity index (χ4n) is 2.24. The molecule has 0 aliphatic carbocycles. The summed E-state index contributed by atoms with van der Waals surface area (Å²) in [7, 11) is 0. The van der Waals surface area contributed by atoms with E-state index in [0.29, 0.717) is 34.1 Å². The van der Waals surface area contributed by atoms with Crippen LogP contribution in [0.2, 0.25) is 0 Å². The first kappa shape index (κ1) is 19.2. The molecule has 142 valence electrons. The lowest BCUT2D eigenvalue weighted by atomic mass is 10.2. The van der Waals surface area contributed by atoms with Gasteiger partial charge in [0.25, 0.3) is 5.91 Å². The van der Waals surface area contributed by atoms with Crippen LogP contribution in [0.15, 0.2) is 65.3 Å². The molecule has 8 heteroatoms. The molecule has 0 spiro atoms. The predicted octanol–water partition coefficient (Wildman–Crippen LogP) is 3.52. The number of thiophene rings is 1. The van der Waals surface area contributed by atoms with E-state index < -0.39 is 5.97 Å². The zero-order valence-corrected chi connectivity index (χ0v) is 15.8. The van der Waals surface area contributed by atoms with Crippen molar-refractivity contribution in [3.63, 3.8) is 0 Å². The number of amides is 1. The maximum absolute atomic E-state index is 12.2. The molecule has 1 N–H and O–H groups in total. The third kappa shape index (κ3) is 5.01. The zero-order valence-electron chi connectivity index (χ0n) is 15.0. The molecule has 0 bridgehead atoms. The molecule has 3 rings (SSSR count). The van der Waals surface area contributed by atoms with Gasteiger partial charge in [-0.1, -0.05) is 6.07 Å². The number of ether oxygens (including phenoxy) is 2. The van der Waals surface area contributed by atoms with Crippen molar-refractivity contribution in [3.05, 3.63) is 76.2 Å². The number of hydrazone groups is 1. The number of hydrogen-bond acceptors (Lipinski definition) is 7. The Morgan fingerprint density at radius 3 is 2.71 bits per heavy atom. The number of aromatic nitrogens is 1. The van der Waals surface area contributed by atoms with Crippen molar-refractivity contribution in [1.29, 1.82) is 0 Å². The maximum Gasteiger partial charge on any atom is 0.353 e. The van der Waals surface area contributed by atoms with Crippen molar-refractivity contribution >= 4 is 29.4 Å². The van der Waals surface area contributed by atoms with Gasteiger partial charge in [-0.3, -0.25) is 9.78 Å². The Hall–Kier alpha value is -3.52. The maximum atomic E-state index is 12.2. The minimum absolute atomic E-state index is 0.318. The number of hydrogen-bond donors (Lipinski definition) is 1. The number of nitrogens with zero attached hydrogens (tertiary/aromatic N) is 2. The van der Waals surface area contributed by atoms with Crippen LogP contribution < -0.4 is 14.9 Å². The molecule has 0 saturated carbocycles. The Morgan fingerprint density at radius 1 is 1.18 bits per heavy atom. The first-order valence-corrected chi connectivity index (χ1v) is 9.31. The lowest BCUT2D eigenvalue weighted by Crippen LogP contribution is -2.17. The third-order valence-electron chi connectivity index (χ3n) is 3.51. The Balaban J connectivity index is 1.69. The van der Waals surface area contributed by atoms with Gasteiger partial charge in [-0.05, 0) is 54.3 Å². The standard InChI is InChI=1S/C20H17N3O4S/c1-2-26-17-12-14(13-22-23-19(24)15-7-9-21-10-8-15)5-6-16(17)27-20(25)18-4-3-11-28-18/h3-13H,2H2,1H3,(H,23,24)/b22-13+. The minimum Gasteiger partial charge on any atom is -0.490 e. The minimum atomic E-state index is -0.443. The summed E-state index contributed by atoms with van der Waals surface area (Å²) >= 11 is 1.30. The van der Waals surface area contributed by atoms with Crippen molar-refractivity contribution in [2.24, 2.45) is 5.10 Å². The molecule has 3 aromatic rings. The molecule has 1 aromatic carbocycles. The molecule has 0 aliphatic rings. The summed E-state index contributed by atoms with van der Waals surface area (Å²) in [6.45, 7) is 2.24. The highest BCUT2D eigenvalue weighted by atomic mass is 32.1. The average Bonchev–Trinajstić information content (AvgIpc) is 3.25. The van der Waals surface area contributed by atoms with Crippen LogP contribution in [-0.2, 0) is 0 Å². The van der Waals surface area contributed by atoms with E-state index in [1.807, 2.05) is 6.92 Å². The van der Waals surface area contributed by atoms with Gasteiger partial charge in [-0.15, -0.1) is 11.3 Å². The molecule has 7 nitrogen and oxygen atoms in total. The SMILES string of the molecule is CCOc1cc(/C=N/NC(=O)c2ccncc2)ccc1OC(=O)c1cccs1. The van der Waals surface area contributed by atoms with Crippen molar-refractivity contribution in [3.8, 4) is 11.5 Å². The van der Waals surface area contributed by atoms with Gasteiger partial charge < -0.3 is 9.47 Å². The molecule has 28 heavy (non-hydrogen) atoms. The van der Waals surface area contributed by atoms with Crippen LogP contribution in [0, 0.1) is 0 Å². The monoisotopic (exact) mass is 395 g/mol. The summed E-state index contributed by atoms with van der Waals surface area (Å²) < 4.78 is 11.0. The predicted molar refractivity (Wildman–Crippen MR) is 106 cm³/mol. The Bertz CT molecular complexity index is 972. The number of pyridine rings is 1. The van der Waals surface area contributed by atoms with Gasteiger partial charge in [0.15, 0.2) is 11.5 Å². The van der Waals surface area contributed by atoms with Gasteiger partial charge in [0.1, 0.15) is 4.88 Å². The highest BCUT2D eigenvalue weighted by Crippen LogP contribution is 2.29. The second kappa shape index (κ2) is 9.43. The number of benzene rings is 1. The summed E-state index contributed by atoms with van der Waals surface area (Å²) in [6.07, 6.45) is 4.54. The molecule has 0 unspecified atom stereocenters. The van der Waals surface area contributed by atoms with Crippen LogP contribution in [0.5, 0.6) is 11.5 Å². The van der Waals surface area contributed by atoms with E-state index >= 15 is 0 Å². The molecule has 2 aromatic heterocycles. The highest BCUT2D eigenvalue weighted by molar-refractivity contribution is 7.12. The van der Waals surface area contributed by atoms with Crippen LogP contribution >= 0.6 is 11.3 Å². The van der Waals surface area contributed by atoms with Crippen LogP contribution in [-0.4, -0.2) is 29.7 Å². The van der Waals surface area contributed by atoms with E-state index in [2.05, 4.69) is 15.5 Å². The van der Waals surface area contributed by atoms with E-state index in [4.69, 9.17) is 9.47 Å². The molecular weight excluding hydrogens is 378 g/mol. The largest absolute Gasteiger partial charge is 0.490 e. The molecule has 0 saturated heterocycles. The van der Waals surface area contributed by atoms with E-state index in [0.717, 1.165) is 0 Å². The average molecular weight is 395 g/mol. The van der Waals surface area contributed by atoms with Crippen LogP contribution in [0.3, 0.4) is 0 Å². The second-order valence-corrected chi connectivity index (χ2v) is 6.39. The third-order valence-corrected chi connectivity index (χ3v) is 4.36. The van der Waals surface area contributed by atoms with Gasteiger partial charge in [0.05, 0.1) is 12.8 Å². The van der Waals surface area contributed by atoms with Crippen molar-refractivity contribution in [1.82, 2.24) is 10.4 Å². The first-order valence-electron chi connectivity index (χ1n) is 8.43. The van der Waals surface area contributed by atoms with Gasteiger partial charge in [0, 0.05) is 18.0 Å². The molecule has 0 radical (unpaired) electrons. The summed E-state index contributed by atoms with van der Waals surface area (Å²) in [6, 6.07) is 11.7. The normalized spacial score (nSPS) is 10.6. The Labute approximate surface area is 165 Å². The Kier molecular flexibility index (Phi) is 6.48. The number of esters is 1. The number of nitrogens with one attached hydrogen (secondary N) is 1. The lowest BCUT2D eigenvalue weighted by Gasteiger charge is -2.10. The van der Waals surface area contributed by atoms with E-state index in [1.54, 1.807) is 47.8 Å². The summed E-state index contributed by atoms with van der Waals surface area (Å²) in [5.74, 6) is -0.0535. The van der Waals surface area contributed by atoms with Gasteiger partial charge in [0.2, 0.25) is 0 Å². The molecule has 0 fully saturated rings. The highest BCUT2D eigenvalue weighted by Gasteiger charge is 2.14. The van der Waals surface area contributed by atoms with Crippen molar-refractivity contribution < 1.29 is 19.1 Å². The number of carbonyl (C=O) groups excluding carboxylic acids is 2. The Morgan fingerprint density at radius 2 is 2.00 bits per heavy atom. The van der Waals surface area contributed by atoms with E-state index in [-0.39, 0.29) is 5.91 Å². The molecule has 0 aliphatic heterocycles. The zero-order chi connectivity index (χ0) is 19.8. The van der Waals surface area contributed by atoms with E-state index in [1.165, 1.54) is 29.9 Å². The molecule has 1 amide bonds. The van der Waals surface area contributed by atoms with Gasteiger partial charge >= 0.3 is 5.97 Å². The quantitative estimate of drug-likeness (QED) is 0.286. The van der Waals surface area contributed by atoms with Crippen molar-refractivity contribution in [2.45, 2.75) is 6.92 Å². The number of carbonyl (C=O) groups is 2. The number of rotatable bonds is 7. The summed E-state index contributed by atoms with van der Waals surface area (Å²) in [5, 5.41) is 5.75. The van der Waals surface area contributed by atoms with Crippen LogP contribution in [0.1, 0.15) is 32.5 Å². The van der Waals surface area contributed by atoms with Gasteiger partial charge in [-0.2, -0.15) is 5.10 Å². The molecule has 0 atom stereocenters. The fraction of sp³-hybridized carbons (Fsp3) is 0.100. The lowest BCUT2D eigenvalue weighted by molar-refractivity contribution is 0.0733. The van der Waals surface area contributed by atoms with E-state index in [9.17, 15) is 9.59 Å². The van der Waals surface area contributed by atoms with Crippen LogP contribution in [0.4, 0.5) is 0 Å². The van der Waals surface area contributed by atoms with Crippen molar-refractivity contribution in [2.75, 3.05) is 6.61 Å². The molecular formula is C20H17N3O4S. The van der Waals surface area contributed by atoms with Gasteiger partial charge in [-0.25, -0.2) is 10.2 Å². The summed E-state index contributed by atoms with van der Waals surface area (Å²) in [5.41, 5.74) is 3.57. The summed E-state index contributed by atoms with van der Waals surface area (Å²) in [4.78, 5) is 28.5. The molecule has 2 heterocycles. The van der Waals surface area contributed by atoms with Crippen LogP contribution in [0.25, 0.3) is 0 Å². The first-order chi connectivity index (χ1) is 13.7. The topological polar surface area (TPSA) is 89.9 Å². The smallest absolute Gasteiger partial charge is 0.353 e. The fourth-order valence-corrected chi connectivity index (χ4v) is 2.83. The second-order valence-electron chi connectivity index (χ2n) is 5.44.